The lowest BCUT2D eigenvalue weighted by molar-refractivity contribution is -0.137. The molecular weight excluding hydrogens is 422 g/mol. The minimum Gasteiger partial charge on any atom is -0.462 e. The monoisotopic (exact) mass is 439 g/mol. The van der Waals surface area contributed by atoms with Crippen LogP contribution in [0, 0.1) is 11.3 Å². The molecule has 0 spiro atoms. The lowest BCUT2D eigenvalue weighted by Crippen LogP contribution is -2.16. The number of ether oxygens (including phenoxy) is 1. The maximum absolute atomic E-state index is 13.1. The number of aromatic amines is 1. The highest BCUT2D eigenvalue weighted by Crippen LogP contribution is 2.24. The fourth-order valence-electron chi connectivity index (χ4n) is 2.85. The van der Waals surface area contributed by atoms with Crippen molar-refractivity contribution in [2.75, 3.05) is 6.61 Å². The quantitative estimate of drug-likeness (QED) is 0.260. The Bertz CT molecular complexity index is 1340. The summed E-state index contributed by atoms with van der Waals surface area (Å²) in [6.07, 6.45) is 1.13. The Balaban J connectivity index is 2.24. The van der Waals surface area contributed by atoms with Gasteiger partial charge >= 0.3 is 5.97 Å². The van der Waals surface area contributed by atoms with Crippen molar-refractivity contribution in [3.05, 3.63) is 76.1 Å². The number of rotatable bonds is 6. The lowest BCUT2D eigenvalue weighted by Gasteiger charge is -2.03. The van der Waals surface area contributed by atoms with Crippen LogP contribution in [0.3, 0.4) is 0 Å². The number of nitrogens with one attached hydrogen (secondary N) is 1. The van der Waals surface area contributed by atoms with Gasteiger partial charge in [0.1, 0.15) is 11.6 Å². The zero-order chi connectivity index (χ0) is 22.6. The molecule has 0 aliphatic rings. The largest absolute Gasteiger partial charge is 0.462 e. The van der Waals surface area contributed by atoms with Gasteiger partial charge < -0.3 is 4.74 Å². The molecule has 2 aromatic carbocycles. The van der Waals surface area contributed by atoms with Crippen LogP contribution in [0.15, 0.2) is 69.9 Å². The first kappa shape index (κ1) is 21.8. The van der Waals surface area contributed by atoms with Gasteiger partial charge in [-0.05, 0) is 37.3 Å². The maximum Gasteiger partial charge on any atom is 0.348 e. The molecule has 0 atom stereocenters. The van der Waals surface area contributed by atoms with E-state index in [4.69, 9.17) is 4.74 Å². The average molecular weight is 439 g/mol. The Morgan fingerprint density at radius 1 is 1.19 bits per heavy atom. The predicted octanol–water partition coefficient (Wildman–Crippen LogP) is 2.55. The van der Waals surface area contributed by atoms with Gasteiger partial charge in [-0.1, -0.05) is 30.3 Å². The van der Waals surface area contributed by atoms with Gasteiger partial charge in [0.25, 0.3) is 15.7 Å². The molecule has 0 saturated heterocycles. The van der Waals surface area contributed by atoms with Gasteiger partial charge in [-0.25, -0.2) is 9.48 Å². The van der Waals surface area contributed by atoms with Crippen molar-refractivity contribution in [1.29, 1.82) is 5.26 Å². The normalized spacial score (nSPS) is 11.7. The molecule has 0 aliphatic carbocycles. The number of carbonyl (C=O) groups is 1. The van der Waals surface area contributed by atoms with Crippen LogP contribution in [0.2, 0.25) is 0 Å². The second-order valence-corrected chi connectivity index (χ2v) is 7.69. The van der Waals surface area contributed by atoms with Gasteiger partial charge in [0.15, 0.2) is 0 Å². The minimum absolute atomic E-state index is 0.00746. The van der Waals surface area contributed by atoms with Crippen LogP contribution in [-0.4, -0.2) is 35.3 Å². The van der Waals surface area contributed by atoms with Crippen molar-refractivity contribution >= 4 is 22.2 Å². The third-order valence-corrected chi connectivity index (χ3v) is 5.15. The molecule has 2 N–H and O–H groups in total. The molecule has 31 heavy (non-hydrogen) atoms. The number of benzene rings is 2. The summed E-state index contributed by atoms with van der Waals surface area (Å²) in [5.74, 6) is -0.871. The SMILES string of the molecule is CCOC(=O)C(C#N)=Cc1c(-c2ccc(S(=O)(=O)O)cc2)[nH]n(-c2ccccc2)c1=O. The first-order valence-corrected chi connectivity index (χ1v) is 10.5. The molecule has 9 nitrogen and oxygen atoms in total. The molecule has 3 aromatic rings. The van der Waals surface area contributed by atoms with E-state index in [2.05, 4.69) is 5.10 Å². The number of para-hydroxylation sites is 1. The Morgan fingerprint density at radius 2 is 1.84 bits per heavy atom. The van der Waals surface area contributed by atoms with Gasteiger partial charge in [-0.15, -0.1) is 0 Å². The number of hydrogen-bond donors (Lipinski definition) is 2. The highest BCUT2D eigenvalue weighted by atomic mass is 32.2. The maximum atomic E-state index is 13.1. The van der Waals surface area contributed by atoms with E-state index in [1.807, 2.05) is 0 Å². The number of carbonyl (C=O) groups excluding carboxylic acids is 1. The van der Waals surface area contributed by atoms with Crippen molar-refractivity contribution in [2.24, 2.45) is 0 Å². The first-order chi connectivity index (χ1) is 14.8. The van der Waals surface area contributed by atoms with Crippen molar-refractivity contribution < 1.29 is 22.5 Å². The van der Waals surface area contributed by atoms with Gasteiger partial charge in [-0.3, -0.25) is 14.4 Å². The van der Waals surface area contributed by atoms with E-state index >= 15 is 0 Å². The van der Waals surface area contributed by atoms with Crippen molar-refractivity contribution in [3.8, 4) is 23.0 Å². The minimum atomic E-state index is -4.39. The summed E-state index contributed by atoms with van der Waals surface area (Å²) in [7, 11) is -4.39. The van der Waals surface area contributed by atoms with E-state index in [9.17, 15) is 27.8 Å². The molecule has 10 heteroatoms. The molecule has 0 aliphatic heterocycles. The number of aromatic nitrogens is 2. The third kappa shape index (κ3) is 4.63. The summed E-state index contributed by atoms with van der Waals surface area (Å²) in [5.41, 5.74) is 0.260. The van der Waals surface area contributed by atoms with Crippen LogP contribution in [-0.2, 0) is 19.6 Å². The van der Waals surface area contributed by atoms with Crippen LogP contribution in [0.1, 0.15) is 12.5 Å². The van der Waals surface area contributed by atoms with E-state index in [0.717, 1.165) is 6.08 Å². The second-order valence-electron chi connectivity index (χ2n) is 6.27. The Hall–Kier alpha value is -3.94. The molecular formula is C21H17N3O6S. The van der Waals surface area contributed by atoms with E-state index in [1.54, 1.807) is 43.3 Å². The highest BCUT2D eigenvalue weighted by Gasteiger charge is 2.19. The molecule has 0 radical (unpaired) electrons. The predicted molar refractivity (Wildman–Crippen MR) is 112 cm³/mol. The topological polar surface area (TPSA) is 142 Å². The molecule has 0 unspecified atom stereocenters. The van der Waals surface area contributed by atoms with Crippen molar-refractivity contribution in [1.82, 2.24) is 9.78 Å². The number of nitriles is 1. The summed E-state index contributed by atoms with van der Waals surface area (Å²) in [6.45, 7) is 1.65. The van der Waals surface area contributed by atoms with Gasteiger partial charge in [0.2, 0.25) is 0 Å². The standard InChI is InChI=1S/C21H17N3O6S/c1-2-30-21(26)15(13-22)12-18-19(14-8-10-17(11-9-14)31(27,28)29)23-24(20(18)25)16-6-4-3-5-7-16/h3-12,23H,2H2,1H3,(H,27,28,29). The number of esters is 1. The zero-order valence-electron chi connectivity index (χ0n) is 16.3. The molecule has 0 bridgehead atoms. The number of hydrogen-bond acceptors (Lipinski definition) is 6. The van der Waals surface area contributed by atoms with Gasteiger partial charge in [0.05, 0.1) is 28.4 Å². The van der Waals surface area contributed by atoms with E-state index in [0.29, 0.717) is 11.3 Å². The fraction of sp³-hybridized carbons (Fsp3) is 0.0952. The Labute approximate surface area is 177 Å². The van der Waals surface area contributed by atoms with E-state index in [1.165, 1.54) is 28.9 Å². The fourth-order valence-corrected chi connectivity index (χ4v) is 3.33. The van der Waals surface area contributed by atoms with E-state index in [-0.39, 0.29) is 28.3 Å². The van der Waals surface area contributed by atoms with E-state index < -0.39 is 21.6 Å². The van der Waals surface area contributed by atoms with Crippen LogP contribution in [0.4, 0.5) is 0 Å². The lowest BCUT2D eigenvalue weighted by atomic mass is 10.1. The van der Waals surface area contributed by atoms with Crippen LogP contribution in [0.5, 0.6) is 0 Å². The molecule has 3 rings (SSSR count). The first-order valence-electron chi connectivity index (χ1n) is 9.03. The number of nitrogens with zero attached hydrogens (tertiary/aromatic N) is 2. The Morgan fingerprint density at radius 3 is 2.39 bits per heavy atom. The molecule has 0 fully saturated rings. The van der Waals surface area contributed by atoms with Crippen LogP contribution >= 0.6 is 0 Å². The summed E-state index contributed by atoms with van der Waals surface area (Å²) in [4.78, 5) is 24.8. The Kier molecular flexibility index (Phi) is 6.20. The average Bonchev–Trinajstić information content (AvgIpc) is 3.08. The van der Waals surface area contributed by atoms with Crippen LogP contribution < -0.4 is 5.56 Å². The third-order valence-electron chi connectivity index (χ3n) is 4.29. The van der Waals surface area contributed by atoms with Gasteiger partial charge in [0, 0.05) is 5.56 Å². The second kappa shape index (κ2) is 8.83. The van der Waals surface area contributed by atoms with Crippen molar-refractivity contribution in [3.63, 3.8) is 0 Å². The van der Waals surface area contributed by atoms with Crippen molar-refractivity contribution in [2.45, 2.75) is 11.8 Å². The molecule has 0 amide bonds. The summed E-state index contributed by atoms with van der Waals surface area (Å²) in [6, 6.07) is 15.5. The zero-order valence-corrected chi connectivity index (χ0v) is 17.1. The molecule has 0 saturated carbocycles. The van der Waals surface area contributed by atoms with Gasteiger partial charge in [-0.2, -0.15) is 13.7 Å². The smallest absolute Gasteiger partial charge is 0.348 e. The summed E-state index contributed by atoms with van der Waals surface area (Å²) >= 11 is 0. The summed E-state index contributed by atoms with van der Waals surface area (Å²) in [5, 5.41) is 12.3. The van der Waals surface area contributed by atoms with Crippen LogP contribution in [0.25, 0.3) is 23.0 Å². The molecule has 158 valence electrons. The summed E-state index contributed by atoms with van der Waals surface area (Å²) < 4.78 is 37.9. The number of H-pyrrole nitrogens is 1. The highest BCUT2D eigenvalue weighted by molar-refractivity contribution is 7.85. The molecule has 1 aromatic heterocycles. The molecule has 1 heterocycles.